The average Bonchev–Trinajstić information content (AvgIpc) is 2.89. The second kappa shape index (κ2) is 6.18. The van der Waals surface area contributed by atoms with Crippen molar-refractivity contribution in [2.75, 3.05) is 5.32 Å². The number of rotatable bonds is 4. The molecule has 6 heteroatoms. The molecule has 1 N–H and O–H groups in total. The Morgan fingerprint density at radius 3 is 2.36 bits per heavy atom. The number of hydrogen-bond donors (Lipinski definition) is 1. The first kappa shape index (κ1) is 17.5. The van der Waals surface area contributed by atoms with Crippen molar-refractivity contribution in [3.63, 3.8) is 0 Å². The quantitative estimate of drug-likeness (QED) is 0.657. The molecule has 2 heterocycles. The van der Waals surface area contributed by atoms with Crippen LogP contribution in [0.3, 0.4) is 0 Å². The molecule has 0 aliphatic heterocycles. The first-order valence-electron chi connectivity index (χ1n) is 8.52. The van der Waals surface area contributed by atoms with E-state index < -0.39 is 8.32 Å². The molecule has 0 amide bonds. The van der Waals surface area contributed by atoms with Crippen molar-refractivity contribution < 1.29 is 4.43 Å². The van der Waals surface area contributed by atoms with Gasteiger partial charge in [-0.1, -0.05) is 20.8 Å². The molecule has 0 aliphatic carbocycles. The summed E-state index contributed by atoms with van der Waals surface area (Å²) in [6.07, 6.45) is 5.58. The Labute approximate surface area is 150 Å². The van der Waals surface area contributed by atoms with E-state index in [0.717, 1.165) is 28.3 Å². The van der Waals surface area contributed by atoms with Crippen molar-refractivity contribution in [1.29, 1.82) is 0 Å². The van der Waals surface area contributed by atoms with E-state index in [1.54, 1.807) is 4.52 Å². The van der Waals surface area contributed by atoms with E-state index >= 15 is 0 Å². The maximum atomic E-state index is 6.32. The summed E-state index contributed by atoms with van der Waals surface area (Å²) < 4.78 is 8.10. The minimum absolute atomic E-state index is 0.187. The van der Waals surface area contributed by atoms with Crippen LogP contribution in [0.15, 0.2) is 42.9 Å². The highest BCUT2D eigenvalue weighted by atomic mass is 28.4. The van der Waals surface area contributed by atoms with Crippen LogP contribution in [0.4, 0.5) is 11.4 Å². The fourth-order valence-electron chi connectivity index (χ4n) is 2.28. The lowest BCUT2D eigenvalue weighted by molar-refractivity contribution is 0.492. The van der Waals surface area contributed by atoms with Crippen LogP contribution in [0.2, 0.25) is 18.1 Å². The summed E-state index contributed by atoms with van der Waals surface area (Å²) in [5, 5.41) is 7.84. The maximum Gasteiger partial charge on any atom is 0.250 e. The molecule has 5 nitrogen and oxygen atoms in total. The maximum absolute atomic E-state index is 6.32. The molecule has 1 aromatic carbocycles. The zero-order valence-corrected chi connectivity index (χ0v) is 16.8. The molecule has 0 saturated heterocycles. The zero-order valence-electron chi connectivity index (χ0n) is 15.8. The topological polar surface area (TPSA) is 51.5 Å². The SMILES string of the molecule is Cc1cnn2cc(Nc3ccc(O[Si](C)(C)C(C)(C)C)cc3)cnc12. The zero-order chi connectivity index (χ0) is 18.2. The van der Waals surface area contributed by atoms with Gasteiger partial charge in [0.1, 0.15) is 5.75 Å². The highest BCUT2D eigenvalue weighted by molar-refractivity contribution is 6.74. The second-order valence-corrected chi connectivity index (χ2v) is 12.7. The van der Waals surface area contributed by atoms with E-state index in [2.05, 4.69) is 49.3 Å². The van der Waals surface area contributed by atoms with Crippen molar-refractivity contribution in [1.82, 2.24) is 14.6 Å². The molecule has 2 aromatic heterocycles. The minimum atomic E-state index is -1.81. The smallest absolute Gasteiger partial charge is 0.250 e. The van der Waals surface area contributed by atoms with Crippen LogP contribution in [0.25, 0.3) is 5.65 Å². The number of aromatic nitrogens is 3. The van der Waals surface area contributed by atoms with Gasteiger partial charge in [0.15, 0.2) is 5.65 Å². The van der Waals surface area contributed by atoms with E-state index in [0.29, 0.717) is 0 Å². The molecule has 0 unspecified atom stereocenters. The molecule has 0 fully saturated rings. The number of anilines is 2. The second-order valence-electron chi connectivity index (χ2n) is 7.95. The van der Waals surface area contributed by atoms with E-state index in [4.69, 9.17) is 4.43 Å². The van der Waals surface area contributed by atoms with E-state index in [-0.39, 0.29) is 5.04 Å². The van der Waals surface area contributed by atoms with Crippen LogP contribution < -0.4 is 9.74 Å². The first-order chi connectivity index (χ1) is 11.7. The molecule has 25 heavy (non-hydrogen) atoms. The van der Waals surface area contributed by atoms with Gasteiger partial charge in [-0.25, -0.2) is 9.50 Å². The molecular weight excluding hydrogens is 328 g/mol. The number of hydrogen-bond acceptors (Lipinski definition) is 4. The summed E-state index contributed by atoms with van der Waals surface area (Å²) in [6, 6.07) is 8.10. The molecule has 0 aliphatic rings. The van der Waals surface area contributed by atoms with Crippen LogP contribution in [0.1, 0.15) is 26.3 Å². The highest BCUT2D eigenvalue weighted by Gasteiger charge is 2.38. The van der Waals surface area contributed by atoms with Gasteiger partial charge in [-0.3, -0.25) is 0 Å². The lowest BCUT2D eigenvalue weighted by Gasteiger charge is -2.36. The predicted octanol–water partition coefficient (Wildman–Crippen LogP) is 5.17. The van der Waals surface area contributed by atoms with E-state index in [9.17, 15) is 0 Å². The Bertz CT molecular complexity index is 879. The molecule has 0 bridgehead atoms. The van der Waals surface area contributed by atoms with Crippen molar-refractivity contribution in [3.05, 3.63) is 48.4 Å². The number of benzene rings is 1. The summed E-state index contributed by atoms with van der Waals surface area (Å²) in [5.41, 5.74) is 3.84. The number of nitrogens with zero attached hydrogens (tertiary/aromatic N) is 3. The Kier molecular flexibility index (Phi) is 4.32. The standard InChI is InChI=1S/C19H26N4OSi/c1-14-11-21-23-13-16(12-20-18(14)23)22-15-7-9-17(10-8-15)24-25(5,6)19(2,3)4/h7-13,22H,1-6H3. The van der Waals surface area contributed by atoms with Gasteiger partial charge in [0.25, 0.3) is 0 Å². The molecule has 0 atom stereocenters. The van der Waals surface area contributed by atoms with Gasteiger partial charge in [-0.05, 0) is 49.3 Å². The molecule has 132 valence electrons. The number of aryl methyl sites for hydroxylation is 1. The Morgan fingerprint density at radius 2 is 1.72 bits per heavy atom. The fraction of sp³-hybridized carbons (Fsp3) is 0.368. The molecule has 0 saturated carbocycles. The van der Waals surface area contributed by atoms with Crippen molar-refractivity contribution in [2.24, 2.45) is 0 Å². The molecule has 0 radical (unpaired) electrons. The normalized spacial score (nSPS) is 12.4. The fourth-order valence-corrected chi connectivity index (χ4v) is 3.31. The lowest BCUT2D eigenvalue weighted by atomic mass is 10.2. The molecule has 0 spiro atoms. The highest BCUT2D eigenvalue weighted by Crippen LogP contribution is 2.37. The Balaban J connectivity index is 1.73. The van der Waals surface area contributed by atoms with Crippen molar-refractivity contribution in [2.45, 2.75) is 45.8 Å². The Morgan fingerprint density at radius 1 is 1.04 bits per heavy atom. The van der Waals surface area contributed by atoms with Gasteiger partial charge in [0, 0.05) is 11.3 Å². The lowest BCUT2D eigenvalue weighted by Crippen LogP contribution is -2.43. The predicted molar refractivity (Wildman–Crippen MR) is 105 cm³/mol. The summed E-state index contributed by atoms with van der Waals surface area (Å²) >= 11 is 0. The summed E-state index contributed by atoms with van der Waals surface area (Å²) in [4.78, 5) is 4.45. The largest absolute Gasteiger partial charge is 0.544 e. The summed E-state index contributed by atoms with van der Waals surface area (Å²) in [5.74, 6) is 0.924. The van der Waals surface area contributed by atoms with Gasteiger partial charge in [-0.2, -0.15) is 5.10 Å². The Hall–Kier alpha value is -2.34. The van der Waals surface area contributed by atoms with E-state index in [1.807, 2.05) is 49.8 Å². The monoisotopic (exact) mass is 354 g/mol. The van der Waals surface area contributed by atoms with Crippen LogP contribution in [-0.2, 0) is 0 Å². The third kappa shape index (κ3) is 3.68. The van der Waals surface area contributed by atoms with Crippen LogP contribution in [0, 0.1) is 6.92 Å². The van der Waals surface area contributed by atoms with Gasteiger partial charge >= 0.3 is 0 Å². The van der Waals surface area contributed by atoms with Gasteiger partial charge in [-0.15, -0.1) is 0 Å². The van der Waals surface area contributed by atoms with Gasteiger partial charge in [0.2, 0.25) is 8.32 Å². The van der Waals surface area contributed by atoms with Gasteiger partial charge < -0.3 is 9.74 Å². The molecule has 3 aromatic rings. The number of nitrogens with one attached hydrogen (secondary N) is 1. The van der Waals surface area contributed by atoms with Gasteiger partial charge in [0.05, 0.1) is 24.3 Å². The third-order valence-corrected chi connectivity index (χ3v) is 9.21. The van der Waals surface area contributed by atoms with Crippen molar-refractivity contribution >= 4 is 25.3 Å². The van der Waals surface area contributed by atoms with E-state index in [1.165, 1.54) is 0 Å². The van der Waals surface area contributed by atoms with Crippen LogP contribution in [-0.4, -0.2) is 22.9 Å². The third-order valence-electron chi connectivity index (χ3n) is 4.85. The summed E-state index contributed by atoms with van der Waals surface area (Å²) in [6.45, 7) is 13.3. The van der Waals surface area contributed by atoms with Crippen LogP contribution >= 0.6 is 0 Å². The molecular formula is C19H26N4OSi. The summed E-state index contributed by atoms with van der Waals surface area (Å²) in [7, 11) is -1.81. The first-order valence-corrected chi connectivity index (χ1v) is 11.4. The van der Waals surface area contributed by atoms with Crippen LogP contribution in [0.5, 0.6) is 5.75 Å². The minimum Gasteiger partial charge on any atom is -0.544 e. The number of fused-ring (bicyclic) bond motifs is 1. The molecule has 3 rings (SSSR count). The average molecular weight is 355 g/mol. The van der Waals surface area contributed by atoms with Crippen molar-refractivity contribution in [3.8, 4) is 5.75 Å².